The number of ether oxygens (including phenoxy) is 1. The van der Waals surface area contributed by atoms with Crippen molar-refractivity contribution in [2.24, 2.45) is 0 Å². The summed E-state index contributed by atoms with van der Waals surface area (Å²) in [5.41, 5.74) is 7.60. The van der Waals surface area contributed by atoms with E-state index in [9.17, 15) is 0 Å². The van der Waals surface area contributed by atoms with Crippen LogP contribution in [0, 0.1) is 6.92 Å². The standard InChI is InChI=1S/C11H22N4O/c1-5-6-15-11(10(12)9(3)14-15)13-8(2)7-16-4/h8,13H,5-7,12H2,1-4H3. The molecule has 0 bridgehead atoms. The zero-order chi connectivity index (χ0) is 12.1. The minimum Gasteiger partial charge on any atom is -0.394 e. The van der Waals surface area contributed by atoms with Crippen molar-refractivity contribution in [3.63, 3.8) is 0 Å². The summed E-state index contributed by atoms with van der Waals surface area (Å²) < 4.78 is 7.02. The monoisotopic (exact) mass is 226 g/mol. The summed E-state index contributed by atoms with van der Waals surface area (Å²) in [6, 6.07) is 0.221. The van der Waals surface area contributed by atoms with Gasteiger partial charge in [0.2, 0.25) is 0 Å². The number of aryl methyl sites for hydroxylation is 2. The van der Waals surface area contributed by atoms with E-state index in [-0.39, 0.29) is 6.04 Å². The second kappa shape index (κ2) is 5.75. The molecule has 1 aromatic heterocycles. The number of hydrogen-bond acceptors (Lipinski definition) is 4. The lowest BCUT2D eigenvalue weighted by atomic mass is 10.3. The molecule has 1 aromatic rings. The number of anilines is 2. The fourth-order valence-corrected chi connectivity index (χ4v) is 1.65. The first-order valence-corrected chi connectivity index (χ1v) is 5.68. The molecule has 1 unspecified atom stereocenters. The summed E-state index contributed by atoms with van der Waals surface area (Å²) in [4.78, 5) is 0. The van der Waals surface area contributed by atoms with Gasteiger partial charge >= 0.3 is 0 Å². The molecule has 0 fully saturated rings. The fourth-order valence-electron chi connectivity index (χ4n) is 1.65. The molecule has 0 radical (unpaired) electrons. The SMILES string of the molecule is CCCn1nc(C)c(N)c1NC(C)COC. The van der Waals surface area contributed by atoms with Crippen molar-refractivity contribution in [3.05, 3.63) is 5.69 Å². The summed E-state index contributed by atoms with van der Waals surface area (Å²) in [5, 5.41) is 7.74. The van der Waals surface area contributed by atoms with E-state index in [1.54, 1.807) is 7.11 Å². The third-order valence-corrected chi connectivity index (χ3v) is 2.41. The molecule has 0 aliphatic carbocycles. The molecule has 5 heteroatoms. The Kier molecular flexibility index (Phi) is 4.61. The van der Waals surface area contributed by atoms with Crippen LogP contribution in [0.25, 0.3) is 0 Å². The Labute approximate surface area is 97.0 Å². The van der Waals surface area contributed by atoms with Gasteiger partial charge in [0, 0.05) is 19.7 Å². The number of methoxy groups -OCH3 is 1. The summed E-state index contributed by atoms with van der Waals surface area (Å²) in [7, 11) is 1.69. The summed E-state index contributed by atoms with van der Waals surface area (Å²) >= 11 is 0. The minimum atomic E-state index is 0.221. The van der Waals surface area contributed by atoms with Gasteiger partial charge in [-0.15, -0.1) is 0 Å². The fraction of sp³-hybridized carbons (Fsp3) is 0.727. The van der Waals surface area contributed by atoms with Crippen molar-refractivity contribution in [1.82, 2.24) is 9.78 Å². The van der Waals surface area contributed by atoms with Gasteiger partial charge in [-0.25, -0.2) is 4.68 Å². The molecule has 1 heterocycles. The summed E-state index contributed by atoms with van der Waals surface area (Å²) in [6.07, 6.45) is 1.04. The molecule has 5 nitrogen and oxygen atoms in total. The summed E-state index contributed by atoms with van der Waals surface area (Å²) in [5.74, 6) is 0.906. The second-order valence-electron chi connectivity index (χ2n) is 4.07. The third kappa shape index (κ3) is 2.88. The molecule has 0 saturated heterocycles. The van der Waals surface area contributed by atoms with Crippen molar-refractivity contribution < 1.29 is 4.74 Å². The van der Waals surface area contributed by atoms with Crippen molar-refractivity contribution in [2.45, 2.75) is 39.8 Å². The molecule has 0 spiro atoms. The average molecular weight is 226 g/mol. The molecule has 0 aliphatic heterocycles. The van der Waals surface area contributed by atoms with E-state index in [1.165, 1.54) is 0 Å². The normalized spacial score (nSPS) is 12.8. The Balaban J connectivity index is 2.83. The number of rotatable bonds is 6. The molecular formula is C11H22N4O. The topological polar surface area (TPSA) is 65.1 Å². The Morgan fingerprint density at radius 2 is 2.25 bits per heavy atom. The van der Waals surface area contributed by atoms with Crippen LogP contribution in [-0.4, -0.2) is 29.5 Å². The third-order valence-electron chi connectivity index (χ3n) is 2.41. The highest BCUT2D eigenvalue weighted by atomic mass is 16.5. The second-order valence-corrected chi connectivity index (χ2v) is 4.07. The van der Waals surface area contributed by atoms with E-state index in [1.807, 2.05) is 11.6 Å². The minimum absolute atomic E-state index is 0.221. The first-order chi connectivity index (χ1) is 7.60. The zero-order valence-electron chi connectivity index (χ0n) is 10.6. The van der Waals surface area contributed by atoms with Crippen molar-refractivity contribution in [3.8, 4) is 0 Å². The molecule has 92 valence electrons. The Morgan fingerprint density at radius 1 is 1.56 bits per heavy atom. The van der Waals surface area contributed by atoms with Gasteiger partial charge in [-0.1, -0.05) is 6.92 Å². The lowest BCUT2D eigenvalue weighted by Gasteiger charge is -2.16. The predicted octanol–water partition coefficient (Wildman–Crippen LogP) is 1.63. The van der Waals surface area contributed by atoms with Crippen LogP contribution in [0.2, 0.25) is 0 Å². The first-order valence-electron chi connectivity index (χ1n) is 5.68. The van der Waals surface area contributed by atoms with Gasteiger partial charge in [0.15, 0.2) is 0 Å². The van der Waals surface area contributed by atoms with Crippen LogP contribution in [0.1, 0.15) is 26.0 Å². The van der Waals surface area contributed by atoms with E-state index < -0.39 is 0 Å². The Morgan fingerprint density at radius 3 is 2.81 bits per heavy atom. The van der Waals surface area contributed by atoms with Gasteiger partial charge in [-0.3, -0.25) is 0 Å². The van der Waals surface area contributed by atoms with E-state index in [0.29, 0.717) is 6.61 Å². The molecular weight excluding hydrogens is 204 g/mol. The van der Waals surface area contributed by atoms with Gasteiger partial charge in [0.25, 0.3) is 0 Å². The maximum atomic E-state index is 5.99. The number of aromatic nitrogens is 2. The van der Waals surface area contributed by atoms with E-state index in [2.05, 4.69) is 24.3 Å². The maximum absolute atomic E-state index is 5.99. The Hall–Kier alpha value is -1.23. The molecule has 1 atom stereocenters. The Bertz CT molecular complexity index is 335. The molecule has 0 aromatic carbocycles. The number of nitrogens with zero attached hydrogens (tertiary/aromatic N) is 2. The molecule has 0 saturated carbocycles. The largest absolute Gasteiger partial charge is 0.394 e. The first kappa shape index (κ1) is 12.8. The quantitative estimate of drug-likeness (QED) is 0.773. The van der Waals surface area contributed by atoms with Crippen LogP contribution in [-0.2, 0) is 11.3 Å². The summed E-state index contributed by atoms with van der Waals surface area (Å²) in [6.45, 7) is 7.63. The molecule has 1 rings (SSSR count). The van der Waals surface area contributed by atoms with Crippen LogP contribution < -0.4 is 11.1 Å². The van der Waals surface area contributed by atoms with E-state index in [4.69, 9.17) is 10.5 Å². The predicted molar refractivity (Wildman–Crippen MR) is 66.6 cm³/mol. The van der Waals surface area contributed by atoms with Crippen LogP contribution >= 0.6 is 0 Å². The molecule has 16 heavy (non-hydrogen) atoms. The van der Waals surface area contributed by atoms with Gasteiger partial charge < -0.3 is 15.8 Å². The van der Waals surface area contributed by atoms with Crippen LogP contribution in [0.15, 0.2) is 0 Å². The number of nitrogens with two attached hydrogens (primary N) is 1. The highest BCUT2D eigenvalue weighted by Gasteiger charge is 2.13. The number of nitrogens with one attached hydrogen (secondary N) is 1. The van der Waals surface area contributed by atoms with E-state index in [0.717, 1.165) is 30.2 Å². The highest BCUT2D eigenvalue weighted by molar-refractivity contribution is 5.65. The molecule has 3 N–H and O–H groups in total. The smallest absolute Gasteiger partial charge is 0.148 e. The van der Waals surface area contributed by atoms with Gasteiger partial charge in [-0.2, -0.15) is 5.10 Å². The number of hydrogen-bond donors (Lipinski definition) is 2. The van der Waals surface area contributed by atoms with Gasteiger partial charge in [-0.05, 0) is 20.3 Å². The highest BCUT2D eigenvalue weighted by Crippen LogP contribution is 2.23. The lowest BCUT2D eigenvalue weighted by molar-refractivity contribution is 0.190. The number of nitrogen functional groups attached to an aromatic ring is 1. The lowest BCUT2D eigenvalue weighted by Crippen LogP contribution is -2.23. The zero-order valence-corrected chi connectivity index (χ0v) is 10.6. The van der Waals surface area contributed by atoms with Crippen LogP contribution in [0.5, 0.6) is 0 Å². The van der Waals surface area contributed by atoms with Gasteiger partial charge in [0.1, 0.15) is 5.82 Å². The maximum Gasteiger partial charge on any atom is 0.148 e. The van der Waals surface area contributed by atoms with Crippen molar-refractivity contribution in [1.29, 1.82) is 0 Å². The van der Waals surface area contributed by atoms with Crippen LogP contribution in [0.3, 0.4) is 0 Å². The van der Waals surface area contributed by atoms with Gasteiger partial charge in [0.05, 0.1) is 18.0 Å². The molecule has 0 amide bonds. The van der Waals surface area contributed by atoms with Crippen molar-refractivity contribution in [2.75, 3.05) is 24.8 Å². The molecule has 0 aliphatic rings. The van der Waals surface area contributed by atoms with E-state index >= 15 is 0 Å². The van der Waals surface area contributed by atoms with Crippen LogP contribution in [0.4, 0.5) is 11.5 Å². The average Bonchev–Trinajstić information content (AvgIpc) is 2.47. The van der Waals surface area contributed by atoms with Crippen molar-refractivity contribution >= 4 is 11.5 Å².